The lowest BCUT2D eigenvalue weighted by Crippen LogP contribution is -2.30. The predicted molar refractivity (Wildman–Crippen MR) is 79.1 cm³/mol. The Morgan fingerprint density at radius 2 is 1.90 bits per heavy atom. The summed E-state index contributed by atoms with van der Waals surface area (Å²) in [5.74, 6) is 0.747. The standard InChI is InChI=1S/C14H16ClNO3S/c1-16(9-8-14-3-2-10-19-14)20(17,18)11-12-4-6-13(15)7-5-12/h2-7,10H,8-9,11H2,1H3. The van der Waals surface area contributed by atoms with E-state index in [1.165, 1.54) is 4.31 Å². The Kier molecular flexibility index (Phi) is 4.86. The zero-order valence-corrected chi connectivity index (χ0v) is 12.7. The van der Waals surface area contributed by atoms with Crippen LogP contribution in [0, 0.1) is 0 Å². The first-order valence-electron chi connectivity index (χ1n) is 6.18. The molecular formula is C14H16ClNO3S. The van der Waals surface area contributed by atoms with Crippen LogP contribution in [0.2, 0.25) is 5.02 Å². The Balaban J connectivity index is 1.96. The SMILES string of the molecule is CN(CCc1ccco1)S(=O)(=O)Cc1ccc(Cl)cc1. The normalized spacial score (nSPS) is 11.9. The summed E-state index contributed by atoms with van der Waals surface area (Å²) >= 11 is 5.78. The van der Waals surface area contributed by atoms with Crippen LogP contribution in [-0.2, 0) is 22.2 Å². The van der Waals surface area contributed by atoms with E-state index in [4.69, 9.17) is 16.0 Å². The Bertz CT molecular complexity index is 636. The Hall–Kier alpha value is -1.30. The average Bonchev–Trinajstić information content (AvgIpc) is 2.91. The third kappa shape index (κ3) is 4.10. The fourth-order valence-corrected chi connectivity index (χ4v) is 3.09. The molecule has 0 aliphatic heterocycles. The third-order valence-electron chi connectivity index (χ3n) is 2.99. The van der Waals surface area contributed by atoms with Gasteiger partial charge in [0.2, 0.25) is 10.0 Å². The number of sulfonamides is 1. The molecule has 2 rings (SSSR count). The van der Waals surface area contributed by atoms with Crippen LogP contribution in [0.3, 0.4) is 0 Å². The number of halogens is 1. The van der Waals surface area contributed by atoms with Crippen LogP contribution in [0.15, 0.2) is 47.1 Å². The topological polar surface area (TPSA) is 50.5 Å². The number of nitrogens with zero attached hydrogens (tertiary/aromatic N) is 1. The molecule has 0 saturated heterocycles. The first kappa shape index (κ1) is 15.1. The van der Waals surface area contributed by atoms with Gasteiger partial charge in [0, 0.05) is 25.0 Å². The number of hydrogen-bond donors (Lipinski definition) is 0. The van der Waals surface area contributed by atoms with Gasteiger partial charge in [0.05, 0.1) is 12.0 Å². The second-order valence-corrected chi connectivity index (χ2v) is 7.05. The number of benzene rings is 1. The van der Waals surface area contributed by atoms with Gasteiger partial charge in [0.15, 0.2) is 0 Å². The van der Waals surface area contributed by atoms with Crippen LogP contribution >= 0.6 is 11.6 Å². The lowest BCUT2D eigenvalue weighted by Gasteiger charge is -2.16. The number of likely N-dealkylation sites (N-methyl/N-ethyl adjacent to an activating group) is 1. The highest BCUT2D eigenvalue weighted by molar-refractivity contribution is 7.88. The molecular weight excluding hydrogens is 298 g/mol. The zero-order chi connectivity index (χ0) is 14.6. The van der Waals surface area contributed by atoms with Crippen LogP contribution in [0.25, 0.3) is 0 Å². The lowest BCUT2D eigenvalue weighted by atomic mass is 10.2. The summed E-state index contributed by atoms with van der Waals surface area (Å²) in [4.78, 5) is 0. The highest BCUT2D eigenvalue weighted by Gasteiger charge is 2.18. The van der Waals surface area contributed by atoms with E-state index in [1.807, 2.05) is 6.07 Å². The van der Waals surface area contributed by atoms with Crippen molar-refractivity contribution in [2.24, 2.45) is 0 Å². The second-order valence-electron chi connectivity index (χ2n) is 4.53. The van der Waals surface area contributed by atoms with Gasteiger partial charge in [0.25, 0.3) is 0 Å². The highest BCUT2D eigenvalue weighted by Crippen LogP contribution is 2.14. The summed E-state index contributed by atoms with van der Waals surface area (Å²) in [5.41, 5.74) is 0.722. The molecule has 0 saturated carbocycles. The van der Waals surface area contributed by atoms with E-state index in [9.17, 15) is 8.42 Å². The van der Waals surface area contributed by atoms with Gasteiger partial charge in [-0.2, -0.15) is 0 Å². The third-order valence-corrected chi connectivity index (χ3v) is 5.07. The molecule has 0 atom stereocenters. The highest BCUT2D eigenvalue weighted by atomic mass is 35.5. The maximum atomic E-state index is 12.2. The van der Waals surface area contributed by atoms with E-state index in [-0.39, 0.29) is 5.75 Å². The van der Waals surface area contributed by atoms with Crippen molar-refractivity contribution in [1.82, 2.24) is 4.31 Å². The number of furan rings is 1. The first-order valence-corrected chi connectivity index (χ1v) is 8.17. The molecule has 4 nitrogen and oxygen atoms in total. The largest absolute Gasteiger partial charge is 0.469 e. The molecule has 20 heavy (non-hydrogen) atoms. The second kappa shape index (κ2) is 6.43. The van der Waals surface area contributed by atoms with Gasteiger partial charge >= 0.3 is 0 Å². The number of hydrogen-bond acceptors (Lipinski definition) is 3. The van der Waals surface area contributed by atoms with Crippen LogP contribution < -0.4 is 0 Å². The van der Waals surface area contributed by atoms with Crippen LogP contribution in [0.4, 0.5) is 0 Å². The fourth-order valence-electron chi connectivity index (χ4n) is 1.76. The molecule has 0 amide bonds. The maximum absolute atomic E-state index is 12.2. The van der Waals surface area contributed by atoms with E-state index >= 15 is 0 Å². The fraction of sp³-hybridized carbons (Fsp3) is 0.286. The summed E-state index contributed by atoms with van der Waals surface area (Å²) in [7, 11) is -1.75. The monoisotopic (exact) mass is 313 g/mol. The predicted octanol–water partition coefficient (Wildman–Crippen LogP) is 2.94. The zero-order valence-electron chi connectivity index (χ0n) is 11.1. The molecule has 2 aromatic rings. The van der Waals surface area contributed by atoms with Crippen molar-refractivity contribution in [1.29, 1.82) is 0 Å². The summed E-state index contributed by atoms with van der Waals surface area (Å²) in [6.45, 7) is 0.392. The maximum Gasteiger partial charge on any atom is 0.218 e. The van der Waals surface area contributed by atoms with Crippen LogP contribution in [-0.4, -0.2) is 26.3 Å². The van der Waals surface area contributed by atoms with Crippen molar-refractivity contribution in [2.75, 3.05) is 13.6 Å². The molecule has 0 aliphatic carbocycles. The first-order chi connectivity index (χ1) is 9.47. The van der Waals surface area contributed by atoms with Gasteiger partial charge in [-0.1, -0.05) is 23.7 Å². The van der Waals surface area contributed by atoms with Crippen molar-refractivity contribution in [3.05, 3.63) is 59.0 Å². The molecule has 0 spiro atoms. The van der Waals surface area contributed by atoms with Crippen molar-refractivity contribution < 1.29 is 12.8 Å². The molecule has 6 heteroatoms. The van der Waals surface area contributed by atoms with Crippen molar-refractivity contribution >= 4 is 21.6 Å². The summed E-state index contributed by atoms with van der Waals surface area (Å²) in [6.07, 6.45) is 2.14. The van der Waals surface area contributed by atoms with E-state index in [0.29, 0.717) is 18.0 Å². The minimum Gasteiger partial charge on any atom is -0.469 e. The van der Waals surface area contributed by atoms with Gasteiger partial charge in [-0.3, -0.25) is 0 Å². The summed E-state index contributed by atoms with van der Waals surface area (Å²) in [5, 5.41) is 0.595. The molecule has 1 aromatic heterocycles. The van der Waals surface area contributed by atoms with Crippen LogP contribution in [0.1, 0.15) is 11.3 Å². The van der Waals surface area contributed by atoms with E-state index in [0.717, 1.165) is 11.3 Å². The smallest absolute Gasteiger partial charge is 0.218 e. The molecule has 0 N–H and O–H groups in total. The molecule has 1 aromatic carbocycles. The van der Waals surface area contributed by atoms with Gasteiger partial charge in [-0.05, 0) is 29.8 Å². The molecule has 0 aliphatic rings. The van der Waals surface area contributed by atoms with E-state index in [1.54, 1.807) is 43.6 Å². The Morgan fingerprint density at radius 1 is 1.20 bits per heavy atom. The van der Waals surface area contributed by atoms with Crippen molar-refractivity contribution in [3.63, 3.8) is 0 Å². The lowest BCUT2D eigenvalue weighted by molar-refractivity contribution is 0.441. The van der Waals surface area contributed by atoms with E-state index < -0.39 is 10.0 Å². The molecule has 0 unspecified atom stereocenters. The van der Waals surface area contributed by atoms with Crippen LogP contribution in [0.5, 0.6) is 0 Å². The molecule has 1 heterocycles. The average molecular weight is 314 g/mol. The minimum absolute atomic E-state index is 0.0289. The van der Waals surface area contributed by atoms with Crippen molar-refractivity contribution in [2.45, 2.75) is 12.2 Å². The Morgan fingerprint density at radius 3 is 2.50 bits per heavy atom. The van der Waals surface area contributed by atoms with Gasteiger partial charge < -0.3 is 4.42 Å². The number of rotatable bonds is 6. The van der Waals surface area contributed by atoms with E-state index in [2.05, 4.69) is 0 Å². The van der Waals surface area contributed by atoms with Gasteiger partial charge in [-0.15, -0.1) is 0 Å². The molecule has 108 valence electrons. The molecule has 0 bridgehead atoms. The van der Waals surface area contributed by atoms with Gasteiger partial charge in [0.1, 0.15) is 5.76 Å². The Labute approximate surface area is 124 Å². The van der Waals surface area contributed by atoms with Crippen molar-refractivity contribution in [3.8, 4) is 0 Å². The molecule has 0 radical (unpaired) electrons. The minimum atomic E-state index is -3.33. The molecule has 0 fully saturated rings. The van der Waals surface area contributed by atoms with Gasteiger partial charge in [-0.25, -0.2) is 12.7 Å². The quantitative estimate of drug-likeness (QED) is 0.824. The summed E-state index contributed by atoms with van der Waals surface area (Å²) < 4.78 is 31.0. The summed E-state index contributed by atoms with van der Waals surface area (Å²) in [6, 6.07) is 10.4.